The molecule has 0 aliphatic carbocycles. The van der Waals surface area contributed by atoms with E-state index in [2.05, 4.69) is 16.8 Å². The Balaban J connectivity index is 1.43. The van der Waals surface area contributed by atoms with E-state index in [1.165, 1.54) is 10.4 Å². The Morgan fingerprint density at radius 3 is 3.07 bits per heavy atom. The van der Waals surface area contributed by atoms with E-state index >= 15 is 0 Å². The van der Waals surface area contributed by atoms with Crippen LogP contribution in [0.4, 0.5) is 0 Å². The van der Waals surface area contributed by atoms with Gasteiger partial charge in [0.25, 0.3) is 0 Å². The summed E-state index contributed by atoms with van der Waals surface area (Å²) in [4.78, 5) is 16.2. The molecule has 6 heteroatoms. The number of nitrogens with one attached hydrogen (secondary N) is 1. The lowest BCUT2D eigenvalue weighted by Gasteiger charge is -2.36. The van der Waals surface area contributed by atoms with Crippen LogP contribution in [-0.4, -0.2) is 30.5 Å². The van der Waals surface area contributed by atoms with Gasteiger partial charge >= 0.3 is 0 Å². The predicted molar refractivity (Wildman–Crippen MR) is 110 cm³/mol. The van der Waals surface area contributed by atoms with Crippen LogP contribution >= 0.6 is 11.3 Å². The molecule has 0 saturated heterocycles. The van der Waals surface area contributed by atoms with Gasteiger partial charge in [-0.25, -0.2) is 0 Å². The normalized spacial score (nSPS) is 16.0. The monoisotopic (exact) mass is 396 g/mol. The molecular weight excluding hydrogens is 372 g/mol. The van der Waals surface area contributed by atoms with E-state index in [1.54, 1.807) is 17.6 Å². The van der Waals surface area contributed by atoms with Crippen LogP contribution < -0.4 is 10.1 Å². The lowest BCUT2D eigenvalue weighted by Crippen LogP contribution is -2.45. The largest absolute Gasteiger partial charge is 0.491 e. The molecule has 1 amide bonds. The summed E-state index contributed by atoms with van der Waals surface area (Å²) in [5.41, 5.74) is 2.37. The fraction of sp³-hybridized carbons (Fsp3) is 0.318. The topological polar surface area (TPSA) is 54.7 Å². The molecule has 4 rings (SSSR count). The number of furan rings is 1. The summed E-state index contributed by atoms with van der Waals surface area (Å²) in [6.07, 6.45) is 2.54. The second kappa shape index (κ2) is 8.63. The molecule has 1 atom stereocenters. The fourth-order valence-electron chi connectivity index (χ4n) is 3.56. The zero-order valence-corrected chi connectivity index (χ0v) is 16.7. The molecule has 0 spiro atoms. The van der Waals surface area contributed by atoms with Crippen molar-refractivity contribution in [3.05, 3.63) is 75.9 Å². The molecule has 146 valence electrons. The summed E-state index contributed by atoms with van der Waals surface area (Å²) in [5.74, 6) is 1.75. The Bertz CT molecular complexity index is 920. The summed E-state index contributed by atoms with van der Waals surface area (Å²) in [6.45, 7) is 4.04. The van der Waals surface area contributed by atoms with Gasteiger partial charge in [0.05, 0.1) is 25.4 Å². The second-order valence-electron chi connectivity index (χ2n) is 6.96. The molecule has 1 aliphatic heterocycles. The summed E-state index contributed by atoms with van der Waals surface area (Å²) < 4.78 is 11.4. The smallest absolute Gasteiger partial charge is 0.237 e. The van der Waals surface area contributed by atoms with Crippen molar-refractivity contribution in [3.8, 4) is 5.75 Å². The molecule has 3 heterocycles. The third-order valence-electron chi connectivity index (χ3n) is 4.97. The lowest BCUT2D eigenvalue weighted by atomic mass is 10.0. The van der Waals surface area contributed by atoms with Crippen molar-refractivity contribution < 1.29 is 13.9 Å². The van der Waals surface area contributed by atoms with Crippen molar-refractivity contribution in [2.45, 2.75) is 25.9 Å². The summed E-state index contributed by atoms with van der Waals surface area (Å²) in [5, 5.41) is 5.29. The van der Waals surface area contributed by atoms with Crippen LogP contribution in [0.5, 0.6) is 5.75 Å². The van der Waals surface area contributed by atoms with Crippen LogP contribution in [-0.2, 0) is 17.8 Å². The fourth-order valence-corrected chi connectivity index (χ4v) is 4.49. The number of thiophene rings is 1. The van der Waals surface area contributed by atoms with Crippen LogP contribution in [0.15, 0.2) is 58.5 Å². The van der Waals surface area contributed by atoms with E-state index in [0.717, 1.165) is 30.0 Å². The van der Waals surface area contributed by atoms with E-state index in [9.17, 15) is 4.79 Å². The molecule has 1 aromatic carbocycles. The number of amides is 1. The quantitative estimate of drug-likeness (QED) is 0.657. The summed E-state index contributed by atoms with van der Waals surface area (Å²) >= 11 is 1.76. The lowest BCUT2D eigenvalue weighted by molar-refractivity contribution is -0.133. The van der Waals surface area contributed by atoms with E-state index in [-0.39, 0.29) is 18.5 Å². The molecule has 3 aromatic rings. The van der Waals surface area contributed by atoms with Gasteiger partial charge in [0, 0.05) is 11.4 Å². The Hall–Kier alpha value is -2.57. The maximum atomic E-state index is 12.9. The molecule has 2 aromatic heterocycles. The Morgan fingerprint density at radius 1 is 1.32 bits per heavy atom. The number of rotatable bonds is 7. The van der Waals surface area contributed by atoms with Crippen LogP contribution in [0.2, 0.25) is 0 Å². The van der Waals surface area contributed by atoms with E-state index in [0.29, 0.717) is 13.2 Å². The van der Waals surface area contributed by atoms with Gasteiger partial charge in [-0.2, -0.15) is 0 Å². The minimum Gasteiger partial charge on any atom is -0.491 e. The molecule has 28 heavy (non-hydrogen) atoms. The highest BCUT2D eigenvalue weighted by atomic mass is 32.1. The SMILES string of the molecule is Cc1cccc(OCC2c3ccsc3CCN2C(=O)CNCc2ccco2)c1. The maximum Gasteiger partial charge on any atom is 0.237 e. The minimum atomic E-state index is -0.0616. The molecule has 0 fully saturated rings. The number of benzene rings is 1. The van der Waals surface area contributed by atoms with Crippen molar-refractivity contribution in [1.29, 1.82) is 0 Å². The first kappa shape index (κ1) is 18.8. The number of hydrogen-bond acceptors (Lipinski definition) is 5. The molecule has 1 unspecified atom stereocenters. The Morgan fingerprint density at radius 2 is 2.25 bits per heavy atom. The highest BCUT2D eigenvalue weighted by molar-refractivity contribution is 7.10. The Kier molecular flexibility index (Phi) is 5.78. The van der Waals surface area contributed by atoms with Crippen LogP contribution in [0.1, 0.15) is 27.8 Å². The van der Waals surface area contributed by atoms with Crippen molar-refractivity contribution in [2.75, 3.05) is 19.7 Å². The number of carbonyl (C=O) groups excluding carboxylic acids is 1. The van der Waals surface area contributed by atoms with Crippen molar-refractivity contribution in [3.63, 3.8) is 0 Å². The van der Waals surface area contributed by atoms with Crippen molar-refractivity contribution in [1.82, 2.24) is 10.2 Å². The molecule has 0 radical (unpaired) electrons. The Labute approximate surface area is 168 Å². The first-order valence-corrected chi connectivity index (χ1v) is 10.4. The van der Waals surface area contributed by atoms with E-state index in [4.69, 9.17) is 9.15 Å². The van der Waals surface area contributed by atoms with Crippen LogP contribution in [0, 0.1) is 6.92 Å². The first-order chi connectivity index (χ1) is 13.7. The number of aryl methyl sites for hydroxylation is 1. The first-order valence-electron chi connectivity index (χ1n) is 9.49. The van der Waals surface area contributed by atoms with Crippen LogP contribution in [0.3, 0.4) is 0 Å². The molecule has 1 aliphatic rings. The summed E-state index contributed by atoms with van der Waals surface area (Å²) in [6, 6.07) is 13.8. The van der Waals surface area contributed by atoms with Crippen molar-refractivity contribution in [2.24, 2.45) is 0 Å². The number of ether oxygens (including phenoxy) is 1. The molecule has 1 N–H and O–H groups in total. The van der Waals surface area contributed by atoms with Gasteiger partial charge in [-0.1, -0.05) is 12.1 Å². The minimum absolute atomic E-state index is 0.0616. The van der Waals surface area contributed by atoms with Gasteiger partial charge < -0.3 is 19.4 Å². The third-order valence-corrected chi connectivity index (χ3v) is 5.96. The number of nitrogens with zero attached hydrogens (tertiary/aromatic N) is 1. The average Bonchev–Trinajstić information content (AvgIpc) is 3.37. The molecular formula is C22H24N2O3S. The van der Waals surface area contributed by atoms with Gasteiger partial charge in [-0.05, 0) is 60.2 Å². The van der Waals surface area contributed by atoms with Crippen LogP contribution in [0.25, 0.3) is 0 Å². The highest BCUT2D eigenvalue weighted by Crippen LogP contribution is 2.33. The second-order valence-corrected chi connectivity index (χ2v) is 7.96. The zero-order chi connectivity index (χ0) is 19.3. The molecule has 0 bridgehead atoms. The molecule has 5 nitrogen and oxygen atoms in total. The highest BCUT2D eigenvalue weighted by Gasteiger charge is 2.31. The molecule has 0 saturated carbocycles. The standard InChI is InChI=1S/C22H24N2O3S/c1-16-4-2-5-17(12-16)27-15-20-19-8-11-28-21(19)7-9-24(20)22(25)14-23-13-18-6-3-10-26-18/h2-6,8,10-12,20,23H,7,9,13-15H2,1H3. The summed E-state index contributed by atoms with van der Waals surface area (Å²) in [7, 11) is 0. The van der Waals surface area contributed by atoms with Gasteiger partial charge in [0.15, 0.2) is 0 Å². The van der Waals surface area contributed by atoms with Crippen molar-refractivity contribution >= 4 is 17.2 Å². The van der Waals surface area contributed by atoms with E-state index in [1.807, 2.05) is 48.2 Å². The van der Waals surface area contributed by atoms with Gasteiger partial charge in [-0.3, -0.25) is 4.79 Å². The van der Waals surface area contributed by atoms with Gasteiger partial charge in [-0.15, -0.1) is 11.3 Å². The van der Waals surface area contributed by atoms with E-state index < -0.39 is 0 Å². The number of carbonyl (C=O) groups is 1. The zero-order valence-electron chi connectivity index (χ0n) is 15.9. The average molecular weight is 397 g/mol. The number of hydrogen-bond donors (Lipinski definition) is 1. The maximum absolute atomic E-state index is 12.9. The number of fused-ring (bicyclic) bond motifs is 1. The predicted octanol–water partition coefficient (Wildman–Crippen LogP) is 3.94. The van der Waals surface area contributed by atoms with Gasteiger partial charge in [0.2, 0.25) is 5.91 Å². The third kappa shape index (κ3) is 4.29. The van der Waals surface area contributed by atoms with Gasteiger partial charge in [0.1, 0.15) is 18.1 Å².